The van der Waals surface area contributed by atoms with Crippen LogP contribution in [0.1, 0.15) is 10.6 Å². The van der Waals surface area contributed by atoms with Crippen molar-refractivity contribution in [2.75, 3.05) is 13.2 Å². The Morgan fingerprint density at radius 2 is 2.31 bits per heavy atom. The number of hydrogen-bond acceptors (Lipinski definition) is 4. The Hall–Kier alpha value is -1.10. The van der Waals surface area contributed by atoms with E-state index < -0.39 is 0 Å². The number of thiophene rings is 1. The first-order valence-corrected chi connectivity index (χ1v) is 6.16. The highest BCUT2D eigenvalue weighted by atomic mass is 32.1. The van der Waals surface area contributed by atoms with Gasteiger partial charge in [0.2, 0.25) is 0 Å². The molecule has 4 heteroatoms. The summed E-state index contributed by atoms with van der Waals surface area (Å²) < 4.78 is 10.6. The molecule has 0 saturated heterocycles. The van der Waals surface area contributed by atoms with Gasteiger partial charge in [-0.05, 0) is 23.6 Å². The largest absolute Gasteiger partial charge is 0.467 e. The molecule has 0 fully saturated rings. The van der Waals surface area contributed by atoms with Crippen LogP contribution in [-0.2, 0) is 17.9 Å². The number of hydrogen-bond donors (Lipinski definition) is 1. The van der Waals surface area contributed by atoms with Gasteiger partial charge in [0.25, 0.3) is 0 Å². The molecular weight excluding hydrogens is 222 g/mol. The minimum absolute atomic E-state index is 0.549. The highest BCUT2D eigenvalue weighted by Gasteiger charge is 1.95. The fourth-order valence-corrected chi connectivity index (χ4v) is 2.01. The number of nitrogens with one attached hydrogen (secondary N) is 1. The van der Waals surface area contributed by atoms with Crippen molar-refractivity contribution in [3.05, 3.63) is 46.5 Å². The molecule has 0 bridgehead atoms. The summed E-state index contributed by atoms with van der Waals surface area (Å²) >= 11 is 1.77. The molecule has 2 rings (SSSR count). The summed E-state index contributed by atoms with van der Waals surface area (Å²) in [6.45, 7) is 3.03. The summed E-state index contributed by atoms with van der Waals surface area (Å²) in [4.78, 5) is 1.35. The van der Waals surface area contributed by atoms with Gasteiger partial charge < -0.3 is 14.5 Å². The van der Waals surface area contributed by atoms with E-state index in [9.17, 15) is 0 Å². The Morgan fingerprint density at radius 1 is 1.31 bits per heavy atom. The predicted octanol–water partition coefficient (Wildman–Crippen LogP) is 2.65. The molecule has 0 spiro atoms. The zero-order valence-electron chi connectivity index (χ0n) is 9.02. The maximum atomic E-state index is 5.44. The van der Waals surface area contributed by atoms with Gasteiger partial charge in [-0.2, -0.15) is 0 Å². The summed E-state index contributed by atoms with van der Waals surface area (Å²) in [6.07, 6.45) is 1.66. The normalized spacial score (nSPS) is 10.8. The number of ether oxygens (including phenoxy) is 1. The Balaban J connectivity index is 1.49. The molecule has 0 radical (unpaired) electrons. The van der Waals surface area contributed by atoms with Gasteiger partial charge in [0, 0.05) is 18.0 Å². The molecule has 0 aliphatic heterocycles. The van der Waals surface area contributed by atoms with Gasteiger partial charge in [0.1, 0.15) is 12.4 Å². The molecule has 2 aromatic heterocycles. The smallest absolute Gasteiger partial charge is 0.129 e. The Kier molecular flexibility index (Phi) is 4.61. The lowest BCUT2D eigenvalue weighted by Crippen LogP contribution is -2.18. The Morgan fingerprint density at radius 3 is 3.06 bits per heavy atom. The molecule has 0 unspecified atom stereocenters. The molecule has 1 N–H and O–H groups in total. The molecule has 16 heavy (non-hydrogen) atoms. The van der Waals surface area contributed by atoms with Crippen LogP contribution in [-0.4, -0.2) is 13.2 Å². The fourth-order valence-electron chi connectivity index (χ4n) is 1.34. The van der Waals surface area contributed by atoms with E-state index in [2.05, 4.69) is 22.8 Å². The van der Waals surface area contributed by atoms with Crippen LogP contribution in [0.4, 0.5) is 0 Å². The summed E-state index contributed by atoms with van der Waals surface area (Å²) in [7, 11) is 0. The van der Waals surface area contributed by atoms with Gasteiger partial charge in [-0.15, -0.1) is 11.3 Å². The monoisotopic (exact) mass is 237 g/mol. The van der Waals surface area contributed by atoms with E-state index in [1.807, 2.05) is 12.1 Å². The van der Waals surface area contributed by atoms with E-state index >= 15 is 0 Å². The van der Waals surface area contributed by atoms with Crippen molar-refractivity contribution in [3.8, 4) is 0 Å². The summed E-state index contributed by atoms with van der Waals surface area (Å²) in [6, 6.07) is 7.98. The minimum atomic E-state index is 0.549. The maximum Gasteiger partial charge on any atom is 0.129 e. The van der Waals surface area contributed by atoms with Gasteiger partial charge in [0.05, 0.1) is 12.9 Å². The number of furan rings is 1. The van der Waals surface area contributed by atoms with Crippen molar-refractivity contribution in [1.29, 1.82) is 0 Å². The van der Waals surface area contributed by atoms with Crippen molar-refractivity contribution in [2.45, 2.75) is 13.2 Å². The lowest BCUT2D eigenvalue weighted by molar-refractivity contribution is 0.108. The van der Waals surface area contributed by atoms with E-state index in [0.29, 0.717) is 13.2 Å². The maximum absolute atomic E-state index is 5.44. The molecule has 86 valence electrons. The molecule has 0 atom stereocenters. The SMILES string of the molecule is c1coc(COCCNCc2cccs2)c1. The van der Waals surface area contributed by atoms with Crippen LogP contribution in [0.2, 0.25) is 0 Å². The average molecular weight is 237 g/mol. The molecule has 0 aliphatic rings. The van der Waals surface area contributed by atoms with Crippen LogP contribution in [0, 0.1) is 0 Å². The molecular formula is C12H15NO2S. The number of rotatable bonds is 7. The topological polar surface area (TPSA) is 34.4 Å². The van der Waals surface area contributed by atoms with E-state index in [4.69, 9.17) is 9.15 Å². The molecule has 3 nitrogen and oxygen atoms in total. The van der Waals surface area contributed by atoms with Crippen molar-refractivity contribution in [3.63, 3.8) is 0 Å². The summed E-state index contributed by atoms with van der Waals surface area (Å²) in [5.41, 5.74) is 0. The fraction of sp³-hybridized carbons (Fsp3) is 0.333. The summed E-state index contributed by atoms with van der Waals surface area (Å²) in [5, 5.41) is 5.41. The van der Waals surface area contributed by atoms with Crippen LogP contribution < -0.4 is 5.32 Å². The first-order chi connectivity index (χ1) is 7.95. The van der Waals surface area contributed by atoms with Crippen molar-refractivity contribution < 1.29 is 9.15 Å². The first kappa shape index (κ1) is 11.4. The molecule has 0 amide bonds. The second-order valence-electron chi connectivity index (χ2n) is 3.39. The van der Waals surface area contributed by atoms with Gasteiger partial charge in [-0.1, -0.05) is 6.07 Å². The first-order valence-electron chi connectivity index (χ1n) is 5.28. The van der Waals surface area contributed by atoms with Gasteiger partial charge in [-0.3, -0.25) is 0 Å². The summed E-state index contributed by atoms with van der Waals surface area (Å²) in [5.74, 6) is 0.873. The second kappa shape index (κ2) is 6.48. The van der Waals surface area contributed by atoms with E-state index in [1.54, 1.807) is 17.6 Å². The average Bonchev–Trinajstić information content (AvgIpc) is 2.96. The zero-order chi connectivity index (χ0) is 11.1. The van der Waals surface area contributed by atoms with Crippen molar-refractivity contribution >= 4 is 11.3 Å². The van der Waals surface area contributed by atoms with Crippen LogP contribution >= 0.6 is 11.3 Å². The lowest BCUT2D eigenvalue weighted by atomic mass is 10.4. The van der Waals surface area contributed by atoms with Crippen LogP contribution in [0.15, 0.2) is 40.3 Å². The molecule has 2 aromatic rings. The van der Waals surface area contributed by atoms with Gasteiger partial charge >= 0.3 is 0 Å². The third-order valence-electron chi connectivity index (χ3n) is 2.13. The predicted molar refractivity (Wildman–Crippen MR) is 64.4 cm³/mol. The highest BCUT2D eigenvalue weighted by molar-refractivity contribution is 7.09. The van der Waals surface area contributed by atoms with Crippen LogP contribution in [0.5, 0.6) is 0 Å². The van der Waals surface area contributed by atoms with E-state index in [-0.39, 0.29) is 0 Å². The van der Waals surface area contributed by atoms with Gasteiger partial charge in [-0.25, -0.2) is 0 Å². The third-order valence-corrected chi connectivity index (χ3v) is 3.00. The Bertz CT molecular complexity index is 331. The van der Waals surface area contributed by atoms with Crippen molar-refractivity contribution in [2.24, 2.45) is 0 Å². The quantitative estimate of drug-likeness (QED) is 0.752. The molecule has 0 saturated carbocycles. The Labute approximate surface area is 99.0 Å². The van der Waals surface area contributed by atoms with Crippen LogP contribution in [0.3, 0.4) is 0 Å². The van der Waals surface area contributed by atoms with Gasteiger partial charge in [0.15, 0.2) is 0 Å². The standard InChI is InChI=1S/C12H15NO2S/c1-3-11(15-6-1)10-14-7-5-13-9-12-4-2-8-16-12/h1-4,6,8,13H,5,7,9-10H2. The highest BCUT2D eigenvalue weighted by Crippen LogP contribution is 2.07. The van der Waals surface area contributed by atoms with E-state index in [1.165, 1.54) is 4.88 Å². The van der Waals surface area contributed by atoms with Crippen LogP contribution in [0.25, 0.3) is 0 Å². The molecule has 0 aromatic carbocycles. The minimum Gasteiger partial charge on any atom is -0.467 e. The van der Waals surface area contributed by atoms with Crippen molar-refractivity contribution in [1.82, 2.24) is 5.32 Å². The molecule has 2 heterocycles. The third kappa shape index (κ3) is 3.81. The lowest BCUT2D eigenvalue weighted by Gasteiger charge is -2.03. The zero-order valence-corrected chi connectivity index (χ0v) is 9.83. The second-order valence-corrected chi connectivity index (χ2v) is 4.42. The molecule has 0 aliphatic carbocycles. The van der Waals surface area contributed by atoms with E-state index in [0.717, 1.165) is 18.8 Å².